The van der Waals surface area contributed by atoms with Gasteiger partial charge in [0.05, 0.1) is 12.7 Å². The third kappa shape index (κ3) is 8.86. The molecule has 74 valence electrons. The van der Waals surface area contributed by atoms with E-state index in [1.54, 1.807) is 13.2 Å². The first kappa shape index (κ1) is 11.9. The molecule has 3 heteroatoms. The number of hydrogen-bond acceptors (Lipinski definition) is 3. The summed E-state index contributed by atoms with van der Waals surface area (Å²) in [4.78, 5) is 11.0. The Morgan fingerprint density at radius 3 is 2.54 bits per heavy atom. The molecule has 0 aromatic rings. The highest BCUT2D eigenvalue weighted by Gasteiger charge is 2.13. The van der Waals surface area contributed by atoms with Gasteiger partial charge in [-0.25, -0.2) is 4.79 Å². The standard InChI is InChI=1S/C10H16O3/c1-10(2,3)13-9(11)7-5-6-8-12-4/h6-7H,8H2,1-4H3. The van der Waals surface area contributed by atoms with Crippen LogP contribution >= 0.6 is 0 Å². The maximum atomic E-state index is 11.0. The summed E-state index contributed by atoms with van der Waals surface area (Å²) in [5.74, 6) is -0.389. The molecular weight excluding hydrogens is 168 g/mol. The van der Waals surface area contributed by atoms with Gasteiger partial charge in [0.25, 0.3) is 0 Å². The molecule has 0 aromatic carbocycles. The summed E-state index contributed by atoms with van der Waals surface area (Å²) >= 11 is 0. The Bertz CT molecular complexity index is 217. The first-order chi connectivity index (χ1) is 5.95. The predicted molar refractivity (Wildman–Crippen MR) is 50.4 cm³/mol. The molecule has 0 N–H and O–H groups in total. The van der Waals surface area contributed by atoms with Gasteiger partial charge in [0.2, 0.25) is 0 Å². The summed E-state index contributed by atoms with van der Waals surface area (Å²) in [6, 6.07) is 0. The van der Waals surface area contributed by atoms with Gasteiger partial charge in [-0.2, -0.15) is 0 Å². The molecule has 13 heavy (non-hydrogen) atoms. The maximum Gasteiger partial charge on any atom is 0.339 e. The Hall–Kier alpha value is -1.05. The van der Waals surface area contributed by atoms with E-state index in [-0.39, 0.29) is 5.97 Å². The van der Waals surface area contributed by atoms with E-state index in [1.807, 2.05) is 20.8 Å². The van der Waals surface area contributed by atoms with Crippen LogP contribution in [0.25, 0.3) is 0 Å². The van der Waals surface area contributed by atoms with Crippen LogP contribution in [0.2, 0.25) is 0 Å². The van der Waals surface area contributed by atoms with Gasteiger partial charge in [0.15, 0.2) is 0 Å². The van der Waals surface area contributed by atoms with E-state index in [0.29, 0.717) is 6.61 Å². The van der Waals surface area contributed by atoms with Crippen molar-refractivity contribution in [3.05, 3.63) is 17.9 Å². The Balaban J connectivity index is 3.94. The highest BCUT2D eigenvalue weighted by Crippen LogP contribution is 2.06. The van der Waals surface area contributed by atoms with Crippen LogP contribution in [-0.2, 0) is 14.3 Å². The van der Waals surface area contributed by atoms with Crippen LogP contribution in [0.3, 0.4) is 0 Å². The Labute approximate surface area is 79.0 Å². The van der Waals surface area contributed by atoms with Crippen molar-refractivity contribution in [2.75, 3.05) is 13.7 Å². The van der Waals surface area contributed by atoms with Crippen molar-refractivity contribution < 1.29 is 14.3 Å². The Kier molecular flexibility index (Phi) is 5.12. The van der Waals surface area contributed by atoms with Gasteiger partial charge in [-0.1, -0.05) is 0 Å². The molecule has 0 heterocycles. The molecule has 0 aromatic heterocycles. The zero-order valence-electron chi connectivity index (χ0n) is 8.59. The third-order valence-electron chi connectivity index (χ3n) is 0.976. The van der Waals surface area contributed by atoms with Crippen LogP contribution in [0.5, 0.6) is 0 Å². The predicted octanol–water partition coefficient (Wildman–Crippen LogP) is 1.69. The number of rotatable bonds is 3. The SMILES string of the molecule is COCC=C=CC(=O)OC(C)(C)C. The van der Waals surface area contributed by atoms with E-state index in [1.165, 1.54) is 6.08 Å². The van der Waals surface area contributed by atoms with Crippen molar-refractivity contribution in [1.82, 2.24) is 0 Å². The second-order valence-electron chi connectivity index (χ2n) is 3.50. The lowest BCUT2D eigenvalue weighted by atomic mass is 10.2. The summed E-state index contributed by atoms with van der Waals surface area (Å²) in [6.07, 6.45) is 2.87. The molecular formula is C10H16O3. The fraction of sp³-hybridized carbons (Fsp3) is 0.600. The molecule has 3 nitrogen and oxygen atoms in total. The molecule has 0 amide bonds. The molecule has 0 bridgehead atoms. The lowest BCUT2D eigenvalue weighted by molar-refractivity contribution is -0.148. The van der Waals surface area contributed by atoms with Gasteiger partial charge in [-0.15, -0.1) is 5.73 Å². The molecule has 0 aliphatic carbocycles. The van der Waals surface area contributed by atoms with Crippen LogP contribution < -0.4 is 0 Å². The summed E-state index contributed by atoms with van der Waals surface area (Å²) in [5.41, 5.74) is 2.21. The first-order valence-electron chi connectivity index (χ1n) is 4.08. The zero-order valence-corrected chi connectivity index (χ0v) is 8.59. The smallest absolute Gasteiger partial charge is 0.339 e. The molecule has 0 unspecified atom stereocenters. The van der Waals surface area contributed by atoms with E-state index < -0.39 is 5.60 Å². The second-order valence-corrected chi connectivity index (χ2v) is 3.50. The van der Waals surface area contributed by atoms with Crippen molar-refractivity contribution in [2.45, 2.75) is 26.4 Å². The van der Waals surface area contributed by atoms with E-state index in [4.69, 9.17) is 9.47 Å². The number of ether oxygens (including phenoxy) is 2. The normalized spacial score (nSPS) is 10.2. The molecule has 0 atom stereocenters. The topological polar surface area (TPSA) is 35.5 Å². The molecule has 0 spiro atoms. The third-order valence-corrected chi connectivity index (χ3v) is 0.976. The number of hydrogen-bond donors (Lipinski definition) is 0. The van der Waals surface area contributed by atoms with Crippen molar-refractivity contribution >= 4 is 5.97 Å². The molecule has 0 aliphatic rings. The molecule has 0 radical (unpaired) electrons. The number of methoxy groups -OCH3 is 1. The van der Waals surface area contributed by atoms with Gasteiger partial charge in [0.1, 0.15) is 5.60 Å². The Morgan fingerprint density at radius 1 is 1.46 bits per heavy atom. The lowest BCUT2D eigenvalue weighted by Crippen LogP contribution is -2.22. The fourth-order valence-corrected chi connectivity index (χ4v) is 0.590. The molecule has 0 saturated carbocycles. The van der Waals surface area contributed by atoms with E-state index in [0.717, 1.165) is 0 Å². The average molecular weight is 184 g/mol. The Morgan fingerprint density at radius 2 is 2.08 bits per heavy atom. The number of carbonyl (C=O) groups is 1. The summed E-state index contributed by atoms with van der Waals surface area (Å²) in [6.45, 7) is 5.89. The van der Waals surface area contributed by atoms with Crippen LogP contribution in [0.1, 0.15) is 20.8 Å². The van der Waals surface area contributed by atoms with Gasteiger partial charge in [0, 0.05) is 7.11 Å². The van der Waals surface area contributed by atoms with Gasteiger partial charge >= 0.3 is 5.97 Å². The quantitative estimate of drug-likeness (QED) is 0.380. The highest BCUT2D eigenvalue weighted by atomic mass is 16.6. The summed E-state index contributed by atoms with van der Waals surface area (Å²) < 4.78 is 9.73. The molecule has 0 saturated heterocycles. The molecule has 0 rings (SSSR count). The first-order valence-corrected chi connectivity index (χ1v) is 4.08. The average Bonchev–Trinajstić information content (AvgIpc) is 1.94. The van der Waals surface area contributed by atoms with Gasteiger partial charge in [-0.05, 0) is 26.8 Å². The van der Waals surface area contributed by atoms with E-state index in [2.05, 4.69) is 5.73 Å². The monoisotopic (exact) mass is 184 g/mol. The van der Waals surface area contributed by atoms with Crippen molar-refractivity contribution in [1.29, 1.82) is 0 Å². The molecule has 0 fully saturated rings. The van der Waals surface area contributed by atoms with Crippen LogP contribution in [0.4, 0.5) is 0 Å². The number of carbonyl (C=O) groups excluding carboxylic acids is 1. The van der Waals surface area contributed by atoms with E-state index >= 15 is 0 Å². The van der Waals surface area contributed by atoms with Crippen molar-refractivity contribution in [3.8, 4) is 0 Å². The largest absolute Gasteiger partial charge is 0.456 e. The summed E-state index contributed by atoms with van der Waals surface area (Å²) in [7, 11) is 1.58. The van der Waals surface area contributed by atoms with Crippen LogP contribution in [-0.4, -0.2) is 25.3 Å². The highest BCUT2D eigenvalue weighted by molar-refractivity contribution is 5.82. The lowest BCUT2D eigenvalue weighted by Gasteiger charge is -2.17. The minimum absolute atomic E-state index is 0.389. The zero-order chi connectivity index (χ0) is 10.3. The fourth-order valence-electron chi connectivity index (χ4n) is 0.590. The van der Waals surface area contributed by atoms with Crippen molar-refractivity contribution in [3.63, 3.8) is 0 Å². The number of esters is 1. The van der Waals surface area contributed by atoms with Gasteiger partial charge < -0.3 is 9.47 Å². The van der Waals surface area contributed by atoms with Crippen LogP contribution in [0, 0.1) is 0 Å². The minimum atomic E-state index is -0.448. The summed E-state index contributed by atoms with van der Waals surface area (Å²) in [5, 5.41) is 0. The minimum Gasteiger partial charge on any atom is -0.456 e. The van der Waals surface area contributed by atoms with Crippen LogP contribution in [0.15, 0.2) is 17.9 Å². The van der Waals surface area contributed by atoms with Gasteiger partial charge in [-0.3, -0.25) is 0 Å². The second kappa shape index (κ2) is 5.57. The van der Waals surface area contributed by atoms with Crippen molar-refractivity contribution in [2.24, 2.45) is 0 Å². The maximum absolute atomic E-state index is 11.0. The molecule has 0 aliphatic heterocycles. The van der Waals surface area contributed by atoms with E-state index in [9.17, 15) is 4.79 Å².